The van der Waals surface area contributed by atoms with Crippen molar-refractivity contribution in [3.05, 3.63) is 0 Å². The maximum absolute atomic E-state index is 11.1. The molecular formula is C11H23NO2S. The molecule has 0 aliphatic heterocycles. The largest absolute Gasteiger partial charge is 0.314 e. The Bertz CT molecular complexity index is 270. The molecule has 3 nitrogen and oxygen atoms in total. The predicted molar refractivity (Wildman–Crippen MR) is 63.8 cm³/mol. The van der Waals surface area contributed by atoms with E-state index in [1.165, 1.54) is 19.1 Å². The molecule has 0 aromatic rings. The first-order valence-electron chi connectivity index (χ1n) is 5.92. The van der Waals surface area contributed by atoms with E-state index in [1.54, 1.807) is 0 Å². The summed E-state index contributed by atoms with van der Waals surface area (Å²) in [6.45, 7) is 3.15. The van der Waals surface area contributed by atoms with E-state index in [1.807, 2.05) is 0 Å². The van der Waals surface area contributed by atoms with Crippen LogP contribution in [0.4, 0.5) is 0 Å². The maximum atomic E-state index is 11.1. The van der Waals surface area contributed by atoms with Crippen LogP contribution >= 0.6 is 0 Å². The third kappa shape index (κ3) is 6.90. The van der Waals surface area contributed by atoms with Crippen molar-refractivity contribution in [1.29, 1.82) is 0 Å². The highest BCUT2D eigenvalue weighted by Crippen LogP contribution is 2.20. The summed E-state index contributed by atoms with van der Waals surface area (Å²) in [6, 6.07) is 0.725. The highest BCUT2D eigenvalue weighted by molar-refractivity contribution is 7.90. The fourth-order valence-corrected chi connectivity index (χ4v) is 2.52. The quantitative estimate of drug-likeness (QED) is 0.692. The summed E-state index contributed by atoms with van der Waals surface area (Å²) in [6.07, 6.45) is 7.00. The average molecular weight is 233 g/mol. The standard InChI is InChI=1S/C11H23NO2S/c1-3-4-10(7-8-15(2,13)14)9-12-11-5-6-11/h10-12H,3-9H2,1-2H3. The number of sulfone groups is 1. The van der Waals surface area contributed by atoms with Gasteiger partial charge in [-0.1, -0.05) is 13.3 Å². The van der Waals surface area contributed by atoms with Crippen LogP contribution in [-0.2, 0) is 9.84 Å². The maximum Gasteiger partial charge on any atom is 0.147 e. The summed E-state index contributed by atoms with van der Waals surface area (Å²) in [4.78, 5) is 0. The minimum Gasteiger partial charge on any atom is -0.314 e. The molecule has 15 heavy (non-hydrogen) atoms. The van der Waals surface area contributed by atoms with Crippen molar-refractivity contribution in [1.82, 2.24) is 5.32 Å². The molecule has 0 aromatic heterocycles. The lowest BCUT2D eigenvalue weighted by Crippen LogP contribution is -2.26. The summed E-state index contributed by atoms with van der Waals surface area (Å²) in [5.74, 6) is 0.870. The van der Waals surface area contributed by atoms with Gasteiger partial charge in [0, 0.05) is 12.3 Å². The van der Waals surface area contributed by atoms with Gasteiger partial charge < -0.3 is 5.32 Å². The van der Waals surface area contributed by atoms with E-state index < -0.39 is 9.84 Å². The first kappa shape index (κ1) is 13.0. The van der Waals surface area contributed by atoms with Crippen molar-refractivity contribution in [3.63, 3.8) is 0 Å². The van der Waals surface area contributed by atoms with Crippen molar-refractivity contribution >= 4 is 9.84 Å². The molecule has 0 aromatic carbocycles. The normalized spacial score (nSPS) is 19.1. The topological polar surface area (TPSA) is 46.2 Å². The molecule has 1 saturated carbocycles. The molecule has 0 spiro atoms. The van der Waals surface area contributed by atoms with Crippen molar-refractivity contribution < 1.29 is 8.42 Å². The summed E-state index contributed by atoms with van der Waals surface area (Å²) in [5.41, 5.74) is 0. The van der Waals surface area contributed by atoms with Crippen molar-refractivity contribution in [2.45, 2.75) is 45.1 Å². The third-order valence-electron chi connectivity index (χ3n) is 2.87. The molecule has 0 heterocycles. The van der Waals surface area contributed by atoms with Crippen LogP contribution in [0, 0.1) is 5.92 Å². The van der Waals surface area contributed by atoms with E-state index in [9.17, 15) is 8.42 Å². The van der Waals surface area contributed by atoms with Gasteiger partial charge in [-0.3, -0.25) is 0 Å². The minimum absolute atomic E-state index is 0.337. The zero-order valence-electron chi connectivity index (χ0n) is 9.83. The molecule has 1 aliphatic rings. The lowest BCUT2D eigenvalue weighted by atomic mass is 10.0. The Balaban J connectivity index is 2.21. The number of hydrogen-bond acceptors (Lipinski definition) is 3. The fourth-order valence-electron chi connectivity index (χ4n) is 1.76. The van der Waals surface area contributed by atoms with Crippen LogP contribution in [-0.4, -0.2) is 33.0 Å². The van der Waals surface area contributed by atoms with E-state index in [-0.39, 0.29) is 0 Å². The monoisotopic (exact) mass is 233 g/mol. The second-order valence-electron chi connectivity index (χ2n) is 4.76. The Morgan fingerprint density at radius 1 is 1.33 bits per heavy atom. The average Bonchev–Trinajstić information content (AvgIpc) is 2.92. The van der Waals surface area contributed by atoms with Gasteiger partial charge in [-0.05, 0) is 38.1 Å². The van der Waals surface area contributed by atoms with E-state index in [2.05, 4.69) is 12.2 Å². The van der Waals surface area contributed by atoms with Gasteiger partial charge in [0.2, 0.25) is 0 Å². The second kappa shape index (κ2) is 5.85. The van der Waals surface area contributed by atoms with Crippen LogP contribution in [0.25, 0.3) is 0 Å². The minimum atomic E-state index is -2.79. The van der Waals surface area contributed by atoms with Gasteiger partial charge in [-0.25, -0.2) is 8.42 Å². The number of hydrogen-bond donors (Lipinski definition) is 1. The lowest BCUT2D eigenvalue weighted by molar-refractivity contribution is 0.427. The molecule has 1 rings (SSSR count). The van der Waals surface area contributed by atoms with Crippen LogP contribution in [0.5, 0.6) is 0 Å². The Kier molecular flexibility index (Phi) is 5.06. The van der Waals surface area contributed by atoms with Crippen LogP contribution in [0.1, 0.15) is 39.0 Å². The van der Waals surface area contributed by atoms with Crippen molar-refractivity contribution in [2.75, 3.05) is 18.6 Å². The van der Waals surface area contributed by atoms with E-state index in [0.717, 1.165) is 31.8 Å². The molecule has 90 valence electrons. The highest BCUT2D eigenvalue weighted by Gasteiger charge is 2.22. The van der Waals surface area contributed by atoms with Gasteiger partial charge in [-0.2, -0.15) is 0 Å². The van der Waals surface area contributed by atoms with Crippen molar-refractivity contribution in [2.24, 2.45) is 5.92 Å². The highest BCUT2D eigenvalue weighted by atomic mass is 32.2. The van der Waals surface area contributed by atoms with Crippen LogP contribution in [0.2, 0.25) is 0 Å². The van der Waals surface area contributed by atoms with Crippen LogP contribution < -0.4 is 5.32 Å². The summed E-state index contributed by atoms with van der Waals surface area (Å²) >= 11 is 0. The first-order chi connectivity index (χ1) is 7.01. The van der Waals surface area contributed by atoms with Gasteiger partial charge in [0.05, 0.1) is 5.75 Å². The molecule has 1 fully saturated rings. The summed E-state index contributed by atoms with van der Waals surface area (Å²) in [5, 5.41) is 3.48. The molecule has 0 radical (unpaired) electrons. The van der Waals surface area contributed by atoms with Gasteiger partial charge in [0.15, 0.2) is 0 Å². The lowest BCUT2D eigenvalue weighted by Gasteiger charge is -2.16. The number of rotatable bonds is 8. The molecule has 0 saturated heterocycles. The van der Waals surface area contributed by atoms with Crippen LogP contribution in [0.3, 0.4) is 0 Å². The molecule has 1 unspecified atom stereocenters. The van der Waals surface area contributed by atoms with E-state index in [4.69, 9.17) is 0 Å². The predicted octanol–water partition coefficient (Wildman–Crippen LogP) is 1.59. The Morgan fingerprint density at radius 2 is 2.00 bits per heavy atom. The molecule has 1 aliphatic carbocycles. The summed E-state index contributed by atoms with van der Waals surface area (Å²) < 4.78 is 22.1. The van der Waals surface area contributed by atoms with Gasteiger partial charge in [0.1, 0.15) is 9.84 Å². The first-order valence-corrected chi connectivity index (χ1v) is 7.98. The zero-order chi connectivity index (χ0) is 11.3. The van der Waals surface area contributed by atoms with E-state index >= 15 is 0 Å². The SMILES string of the molecule is CCCC(CCS(C)(=O)=O)CNC1CC1. The van der Waals surface area contributed by atoms with Gasteiger partial charge in [0.25, 0.3) is 0 Å². The molecule has 1 atom stereocenters. The van der Waals surface area contributed by atoms with Crippen molar-refractivity contribution in [3.8, 4) is 0 Å². The summed E-state index contributed by atoms with van der Waals surface area (Å²) in [7, 11) is -2.79. The molecule has 0 amide bonds. The fraction of sp³-hybridized carbons (Fsp3) is 1.00. The Hall–Kier alpha value is -0.0900. The molecule has 1 N–H and O–H groups in total. The second-order valence-corrected chi connectivity index (χ2v) is 7.02. The van der Waals surface area contributed by atoms with E-state index in [0.29, 0.717) is 11.7 Å². The molecule has 0 bridgehead atoms. The molecule has 4 heteroatoms. The van der Waals surface area contributed by atoms with Crippen LogP contribution in [0.15, 0.2) is 0 Å². The van der Waals surface area contributed by atoms with Gasteiger partial charge >= 0.3 is 0 Å². The smallest absolute Gasteiger partial charge is 0.147 e. The molecular weight excluding hydrogens is 210 g/mol. The Morgan fingerprint density at radius 3 is 2.47 bits per heavy atom. The zero-order valence-corrected chi connectivity index (χ0v) is 10.6. The van der Waals surface area contributed by atoms with Gasteiger partial charge in [-0.15, -0.1) is 0 Å². The Labute approximate surface area is 93.6 Å². The number of nitrogens with one attached hydrogen (secondary N) is 1. The third-order valence-corrected chi connectivity index (χ3v) is 3.84.